The molecule has 7 rings (SSSR count). The molecular weight excluding hydrogens is 564 g/mol. The molecule has 4 nitrogen and oxygen atoms in total. The van der Waals surface area contributed by atoms with E-state index in [-0.39, 0.29) is 0 Å². The van der Waals surface area contributed by atoms with Gasteiger partial charge < -0.3 is 20.9 Å². The lowest BCUT2D eigenvalue weighted by Crippen LogP contribution is -2.02. The quantitative estimate of drug-likeness (QED) is 0.128. The van der Waals surface area contributed by atoms with Crippen LogP contribution in [0.15, 0.2) is 158 Å². The van der Waals surface area contributed by atoms with Crippen molar-refractivity contribution in [1.82, 2.24) is 0 Å². The van der Waals surface area contributed by atoms with Crippen LogP contribution in [0.1, 0.15) is 23.5 Å². The topological polar surface area (TPSA) is 70.5 Å². The second kappa shape index (κ2) is 13.1. The fraction of sp³-hybridized carbons (Fsp3) is 0.0952. The zero-order valence-corrected chi connectivity index (χ0v) is 25.6. The lowest BCUT2D eigenvalue weighted by atomic mass is 9.86. The fourth-order valence-electron chi connectivity index (χ4n) is 6.46. The van der Waals surface area contributed by atoms with Crippen LogP contribution in [0, 0.1) is 0 Å². The normalized spacial score (nSPS) is 14.9. The van der Waals surface area contributed by atoms with Gasteiger partial charge in [0.05, 0.1) is 12.5 Å². The van der Waals surface area contributed by atoms with Crippen molar-refractivity contribution in [2.45, 2.75) is 18.9 Å². The van der Waals surface area contributed by atoms with Crippen LogP contribution in [0.2, 0.25) is 0 Å². The molecule has 46 heavy (non-hydrogen) atoms. The van der Waals surface area contributed by atoms with Crippen molar-refractivity contribution in [3.05, 3.63) is 169 Å². The summed E-state index contributed by atoms with van der Waals surface area (Å²) in [6.07, 6.45) is 13.5. The number of hydrogen-bond acceptors (Lipinski definition) is 4. The van der Waals surface area contributed by atoms with Crippen molar-refractivity contribution >= 4 is 32.3 Å². The van der Waals surface area contributed by atoms with E-state index in [0.717, 1.165) is 12.0 Å². The molecule has 0 saturated carbocycles. The minimum Gasteiger partial charge on any atom is -0.495 e. The van der Waals surface area contributed by atoms with Gasteiger partial charge in [0, 0.05) is 18.3 Å². The standard InChI is InChI=1S/C42H36N2O2/c43-20-22-45-27-29-6-10-32(11-7-29)35-14-17-37-38-18-15-36(33-12-8-30(9-13-33)28-46-23-21-44)26-41(38)42-25-34(31-4-2-1-3-5-31)16-19-39(42)40(37)24-35/h1-12,14-26,33H,13,27-28,43-44H2/b22-20-,23-21-. The molecule has 0 saturated heterocycles. The van der Waals surface area contributed by atoms with Gasteiger partial charge in [-0.1, -0.05) is 109 Å². The largest absolute Gasteiger partial charge is 0.495 e. The number of nitrogens with two attached hydrogens (primary N) is 2. The van der Waals surface area contributed by atoms with Crippen molar-refractivity contribution in [2.24, 2.45) is 11.5 Å². The molecule has 4 heteroatoms. The highest BCUT2D eigenvalue weighted by Crippen LogP contribution is 2.40. The van der Waals surface area contributed by atoms with Gasteiger partial charge >= 0.3 is 0 Å². The van der Waals surface area contributed by atoms with Gasteiger partial charge in [-0.2, -0.15) is 0 Å². The predicted molar refractivity (Wildman–Crippen MR) is 192 cm³/mol. The molecular formula is C42H36N2O2. The molecule has 1 aliphatic rings. The molecule has 0 fully saturated rings. The maximum absolute atomic E-state index is 5.48. The number of fused-ring (bicyclic) bond motifs is 6. The van der Waals surface area contributed by atoms with Gasteiger partial charge in [-0.05, 0) is 95.9 Å². The third-order valence-corrected chi connectivity index (χ3v) is 8.80. The molecule has 0 amide bonds. The van der Waals surface area contributed by atoms with Crippen molar-refractivity contribution in [2.75, 3.05) is 6.61 Å². The zero-order valence-electron chi connectivity index (χ0n) is 25.6. The molecule has 0 radical (unpaired) electrons. The van der Waals surface area contributed by atoms with E-state index in [1.54, 1.807) is 0 Å². The zero-order chi connectivity index (χ0) is 31.3. The summed E-state index contributed by atoms with van der Waals surface area (Å²) >= 11 is 0. The number of benzene rings is 6. The van der Waals surface area contributed by atoms with E-state index < -0.39 is 0 Å². The molecule has 0 aliphatic heterocycles. The van der Waals surface area contributed by atoms with Crippen molar-refractivity contribution < 1.29 is 9.47 Å². The Morgan fingerprint density at radius 3 is 1.78 bits per heavy atom. The van der Waals surface area contributed by atoms with E-state index in [1.807, 2.05) is 0 Å². The van der Waals surface area contributed by atoms with E-state index in [2.05, 4.69) is 127 Å². The lowest BCUT2D eigenvalue weighted by Gasteiger charge is -2.19. The van der Waals surface area contributed by atoms with Crippen LogP contribution in [-0.4, -0.2) is 6.61 Å². The summed E-state index contributed by atoms with van der Waals surface area (Å²) in [5, 5.41) is 7.58. The van der Waals surface area contributed by atoms with Crippen molar-refractivity contribution in [3.8, 4) is 22.3 Å². The highest BCUT2D eigenvalue weighted by Gasteiger charge is 2.16. The van der Waals surface area contributed by atoms with E-state index in [0.29, 0.717) is 19.1 Å². The second-order valence-corrected chi connectivity index (χ2v) is 11.6. The van der Waals surface area contributed by atoms with Gasteiger partial charge in [-0.3, -0.25) is 0 Å². The third-order valence-electron chi connectivity index (χ3n) is 8.80. The monoisotopic (exact) mass is 600 g/mol. The Kier molecular flexibility index (Phi) is 8.25. The Labute approximate surface area is 269 Å². The molecule has 4 N–H and O–H groups in total. The smallest absolute Gasteiger partial charge is 0.112 e. The van der Waals surface area contributed by atoms with Gasteiger partial charge in [-0.25, -0.2) is 0 Å². The van der Waals surface area contributed by atoms with Crippen LogP contribution in [0.3, 0.4) is 0 Å². The summed E-state index contributed by atoms with van der Waals surface area (Å²) in [4.78, 5) is 0. The molecule has 0 spiro atoms. The first-order valence-corrected chi connectivity index (χ1v) is 15.6. The van der Waals surface area contributed by atoms with Crippen molar-refractivity contribution in [1.29, 1.82) is 0 Å². The second-order valence-electron chi connectivity index (χ2n) is 11.6. The summed E-state index contributed by atoms with van der Waals surface area (Å²) < 4.78 is 10.9. The van der Waals surface area contributed by atoms with E-state index >= 15 is 0 Å². The van der Waals surface area contributed by atoms with Crippen LogP contribution >= 0.6 is 0 Å². The van der Waals surface area contributed by atoms with Crippen LogP contribution in [0.5, 0.6) is 0 Å². The average molecular weight is 601 g/mol. The Balaban J connectivity index is 1.33. The van der Waals surface area contributed by atoms with Crippen LogP contribution < -0.4 is 11.5 Å². The first-order valence-electron chi connectivity index (χ1n) is 15.6. The molecule has 1 aliphatic carbocycles. The summed E-state index contributed by atoms with van der Waals surface area (Å²) in [6, 6.07) is 40.0. The van der Waals surface area contributed by atoms with Gasteiger partial charge in [-0.15, -0.1) is 0 Å². The maximum atomic E-state index is 5.48. The van der Waals surface area contributed by atoms with Gasteiger partial charge in [0.2, 0.25) is 0 Å². The number of ether oxygens (including phenoxy) is 2. The lowest BCUT2D eigenvalue weighted by molar-refractivity contribution is 0.236. The van der Waals surface area contributed by atoms with E-state index in [4.69, 9.17) is 20.9 Å². The van der Waals surface area contributed by atoms with Crippen molar-refractivity contribution in [3.63, 3.8) is 0 Å². The number of rotatable bonds is 9. The molecule has 1 unspecified atom stereocenters. The Morgan fingerprint density at radius 1 is 0.565 bits per heavy atom. The maximum Gasteiger partial charge on any atom is 0.112 e. The molecule has 0 bridgehead atoms. The van der Waals surface area contributed by atoms with Crippen LogP contribution in [0.4, 0.5) is 0 Å². The minimum atomic E-state index is 0.309. The highest BCUT2D eigenvalue weighted by atomic mass is 16.5. The van der Waals surface area contributed by atoms with Gasteiger partial charge in [0.1, 0.15) is 13.2 Å². The third kappa shape index (κ3) is 5.85. The first kappa shape index (κ1) is 29.0. The van der Waals surface area contributed by atoms with Crippen LogP contribution in [-0.2, 0) is 16.1 Å². The predicted octanol–water partition coefficient (Wildman–Crippen LogP) is 9.84. The SMILES string of the molecule is N/C=C\OCC1=CCC(c2ccc3c4ccc(-c5ccc(CO/C=C\N)cc5)cc4c4ccc(-c5ccccc5)cc4c3c2)C=C1. The van der Waals surface area contributed by atoms with E-state index in [1.165, 1.54) is 90.6 Å². The van der Waals surface area contributed by atoms with Crippen LogP contribution in [0.25, 0.3) is 54.6 Å². The summed E-state index contributed by atoms with van der Waals surface area (Å²) in [5.74, 6) is 0.309. The molecule has 226 valence electrons. The molecule has 6 aromatic rings. The number of allylic oxidation sites excluding steroid dienone is 2. The fourth-order valence-corrected chi connectivity index (χ4v) is 6.46. The number of hydrogen-bond donors (Lipinski definition) is 2. The Bertz CT molecular complexity index is 2140. The van der Waals surface area contributed by atoms with E-state index in [9.17, 15) is 0 Å². The summed E-state index contributed by atoms with van der Waals surface area (Å²) in [5.41, 5.74) is 19.2. The molecule has 0 heterocycles. The minimum absolute atomic E-state index is 0.309. The Hall–Kier alpha value is -5.74. The molecule has 6 aromatic carbocycles. The molecule has 0 aromatic heterocycles. The summed E-state index contributed by atoms with van der Waals surface area (Å²) in [6.45, 7) is 1.02. The first-order chi connectivity index (χ1) is 22.7. The average Bonchev–Trinajstić information content (AvgIpc) is 3.12. The highest BCUT2D eigenvalue weighted by molar-refractivity contribution is 6.26. The van der Waals surface area contributed by atoms with Gasteiger partial charge in [0.25, 0.3) is 0 Å². The Morgan fingerprint density at radius 2 is 1.13 bits per heavy atom. The van der Waals surface area contributed by atoms with Gasteiger partial charge in [0.15, 0.2) is 0 Å². The summed E-state index contributed by atoms with van der Waals surface area (Å²) in [7, 11) is 0. The molecule has 1 atom stereocenters.